The lowest BCUT2D eigenvalue weighted by atomic mass is 9.83. The molecule has 0 radical (unpaired) electrons. The van der Waals surface area contributed by atoms with Gasteiger partial charge in [-0.05, 0) is 50.9 Å². The van der Waals surface area contributed by atoms with Crippen molar-refractivity contribution in [3.63, 3.8) is 0 Å². The van der Waals surface area contributed by atoms with Crippen molar-refractivity contribution in [2.24, 2.45) is 37.9 Å². The average Bonchev–Trinajstić information content (AvgIpc) is 3.01. The molecule has 1 N–H and O–H groups in total. The van der Waals surface area contributed by atoms with E-state index in [0.29, 0.717) is 37.9 Å². The molecule has 0 aliphatic rings. The van der Waals surface area contributed by atoms with E-state index in [9.17, 15) is 38.4 Å². The predicted octanol–water partition coefficient (Wildman–Crippen LogP) is 11.7. The predicted molar refractivity (Wildman–Crippen MR) is 252 cm³/mol. The van der Waals surface area contributed by atoms with Crippen LogP contribution in [0.1, 0.15) is 224 Å². The second kappa shape index (κ2) is 26.7. The highest BCUT2D eigenvalue weighted by atomic mass is 16.5. The summed E-state index contributed by atoms with van der Waals surface area (Å²) in [5.74, 6) is 0.316. The minimum atomic E-state index is -0.461. The number of carbonyl (C=O) groups excluding carboxylic acids is 8. The van der Waals surface area contributed by atoms with Crippen LogP contribution in [0.25, 0.3) is 0 Å². The fourth-order valence-corrected chi connectivity index (χ4v) is 4.04. The second-order valence-corrected chi connectivity index (χ2v) is 24.9. The summed E-state index contributed by atoms with van der Waals surface area (Å²) in [5.41, 5.74) is -1.67. The first-order chi connectivity index (χ1) is 26.6. The summed E-state index contributed by atoms with van der Waals surface area (Å²) < 4.78 is 5.29. The van der Waals surface area contributed by atoms with Crippen molar-refractivity contribution in [1.29, 1.82) is 0 Å². The Morgan fingerprint density at radius 3 is 1.00 bits per heavy atom. The van der Waals surface area contributed by atoms with Crippen molar-refractivity contribution >= 4 is 46.4 Å². The van der Waals surface area contributed by atoms with Gasteiger partial charge < -0.3 is 10.1 Å². The number of hydrogen-bond donors (Lipinski definition) is 1. The van der Waals surface area contributed by atoms with Crippen LogP contribution < -0.4 is 5.32 Å². The van der Waals surface area contributed by atoms with Gasteiger partial charge in [-0.1, -0.05) is 145 Å². The largest absolute Gasteiger partial charge is 0.366 e. The highest BCUT2D eigenvalue weighted by molar-refractivity contribution is 6.02. The molecule has 0 saturated heterocycles. The molecule has 61 heavy (non-hydrogen) atoms. The van der Waals surface area contributed by atoms with Gasteiger partial charge in [-0.2, -0.15) is 0 Å². The van der Waals surface area contributed by atoms with E-state index >= 15 is 0 Å². The molecule has 0 spiro atoms. The van der Waals surface area contributed by atoms with E-state index < -0.39 is 16.2 Å². The number of ketones is 7. The number of carbonyl (C=O) groups is 8. The maximum absolute atomic E-state index is 11.6. The van der Waals surface area contributed by atoms with Crippen molar-refractivity contribution in [3.8, 4) is 0 Å². The summed E-state index contributed by atoms with van der Waals surface area (Å²) in [5, 5.41) is 2.55. The lowest BCUT2D eigenvalue weighted by Gasteiger charge is -2.21. The summed E-state index contributed by atoms with van der Waals surface area (Å²) in [6, 6.07) is 0. The van der Waals surface area contributed by atoms with Crippen molar-refractivity contribution in [3.05, 3.63) is 0 Å². The van der Waals surface area contributed by atoms with Crippen LogP contribution >= 0.6 is 0 Å². The summed E-state index contributed by atoms with van der Waals surface area (Å²) in [7, 11) is 0. The van der Waals surface area contributed by atoms with Gasteiger partial charge in [0.05, 0.1) is 25.0 Å². The Balaban J connectivity index is -0.000000358. The molecule has 0 aromatic rings. The summed E-state index contributed by atoms with van der Waals surface area (Å²) >= 11 is 0. The quantitative estimate of drug-likeness (QED) is 0.149. The number of Topliss-reactive ketones (excluding diaryl/α,β-unsaturated/α-hetero) is 7. The van der Waals surface area contributed by atoms with Gasteiger partial charge in [0.25, 0.3) is 0 Å². The highest BCUT2D eigenvalue weighted by Gasteiger charge is 2.27. The molecule has 0 saturated carbocycles. The van der Waals surface area contributed by atoms with Gasteiger partial charge in [-0.3, -0.25) is 38.4 Å². The molecule has 0 bridgehead atoms. The van der Waals surface area contributed by atoms with E-state index in [4.69, 9.17) is 4.74 Å². The maximum Gasteiger partial charge on any atom is 0.246 e. The van der Waals surface area contributed by atoms with Gasteiger partial charge in [0.1, 0.15) is 41.3 Å². The smallest absolute Gasteiger partial charge is 0.246 e. The van der Waals surface area contributed by atoms with Gasteiger partial charge in [-0.25, -0.2) is 0 Å². The molecule has 0 aromatic carbocycles. The first kappa shape index (κ1) is 64.7. The first-order valence-corrected chi connectivity index (χ1v) is 22.2. The highest BCUT2D eigenvalue weighted by Crippen LogP contribution is 2.26. The second-order valence-electron chi connectivity index (χ2n) is 24.9. The van der Waals surface area contributed by atoms with Gasteiger partial charge in [-0.15, -0.1) is 0 Å². The standard InChI is InChI=1S/C15H26O3.C13H24O2.C12H23NO3.C11H22O/c1-14(2,3)12(17)9-7-8-11(16)10-13(18)15(4,5)6;1-12(2,3)8-7-10(14)9-11(15)13(4,5)6;1-11(2,3)9(14)7-13-10(15)8-16-12(4,5)6;1-10(2,3)8-7-9(12)11(4,5)6/h7-10H2,1-6H3;7-9H2,1-6H3;7-8H2,1-6H3,(H,13,15);7-8H2,1-6H3. The van der Waals surface area contributed by atoms with Crippen LogP contribution in [0.3, 0.4) is 0 Å². The lowest BCUT2D eigenvalue weighted by molar-refractivity contribution is -0.133. The van der Waals surface area contributed by atoms with Crippen molar-refractivity contribution < 1.29 is 43.1 Å². The van der Waals surface area contributed by atoms with E-state index in [1.54, 1.807) is 0 Å². The Kier molecular flexibility index (Phi) is 28.3. The molecule has 10 nitrogen and oxygen atoms in total. The molecule has 1 amide bonds. The Bertz CT molecular complexity index is 1410. The minimum Gasteiger partial charge on any atom is -0.366 e. The molecule has 0 rings (SSSR count). The fraction of sp³-hybridized carbons (Fsp3) is 0.843. The monoisotopic (exact) mass is 866 g/mol. The zero-order valence-corrected chi connectivity index (χ0v) is 44.0. The third-order valence-electron chi connectivity index (χ3n) is 9.10. The third kappa shape index (κ3) is 42.2. The zero-order chi connectivity index (χ0) is 49.8. The van der Waals surface area contributed by atoms with Crippen LogP contribution in [0, 0.1) is 37.9 Å². The molecule has 0 aliphatic heterocycles. The van der Waals surface area contributed by atoms with E-state index in [-0.39, 0.29) is 93.9 Å². The molecule has 0 fully saturated rings. The lowest BCUT2D eigenvalue weighted by Crippen LogP contribution is -2.38. The minimum absolute atomic E-state index is 0.00674. The van der Waals surface area contributed by atoms with Gasteiger partial charge in [0.15, 0.2) is 5.78 Å². The van der Waals surface area contributed by atoms with Gasteiger partial charge in [0.2, 0.25) is 5.91 Å². The van der Waals surface area contributed by atoms with Crippen LogP contribution in [-0.4, -0.2) is 65.1 Å². The van der Waals surface area contributed by atoms with E-state index in [2.05, 4.69) is 46.9 Å². The number of nitrogens with one attached hydrogen (secondary N) is 1. The molecule has 0 aliphatic carbocycles. The topological polar surface area (TPSA) is 158 Å². The van der Waals surface area contributed by atoms with Crippen LogP contribution in [0.15, 0.2) is 0 Å². The number of hydrogen-bond acceptors (Lipinski definition) is 9. The molecular formula is C51H95NO9. The van der Waals surface area contributed by atoms with Gasteiger partial charge >= 0.3 is 0 Å². The Morgan fingerprint density at radius 2 is 0.689 bits per heavy atom. The first-order valence-electron chi connectivity index (χ1n) is 22.2. The van der Waals surface area contributed by atoms with Crippen molar-refractivity contribution in [1.82, 2.24) is 5.32 Å². The van der Waals surface area contributed by atoms with E-state index in [0.717, 1.165) is 12.8 Å². The zero-order valence-electron chi connectivity index (χ0n) is 44.0. The molecule has 0 unspecified atom stereocenters. The van der Waals surface area contributed by atoms with Crippen LogP contribution in [-0.2, 0) is 43.1 Å². The maximum atomic E-state index is 11.6. The molecule has 0 aromatic heterocycles. The molecular weight excluding hydrogens is 771 g/mol. The van der Waals surface area contributed by atoms with Crippen LogP contribution in [0.5, 0.6) is 0 Å². The number of rotatable bonds is 16. The molecule has 0 atom stereocenters. The van der Waals surface area contributed by atoms with Gasteiger partial charge in [0, 0.05) is 52.8 Å². The molecule has 358 valence electrons. The summed E-state index contributed by atoms with van der Waals surface area (Å²) in [4.78, 5) is 92.4. The Labute approximate surface area is 374 Å². The Hall–Kier alpha value is -2.88. The number of amides is 1. The Morgan fingerprint density at radius 1 is 0.377 bits per heavy atom. The normalized spacial score (nSPS) is 12.6. The summed E-state index contributed by atoms with van der Waals surface area (Å²) in [6.45, 7) is 46.5. The van der Waals surface area contributed by atoms with E-state index in [1.165, 1.54) is 0 Å². The SMILES string of the molecule is CC(C)(C)C(=O)CCCC(=O)CC(=O)C(C)(C)C.CC(C)(C)CCC(=O)C(C)(C)C.CC(C)(C)CCC(=O)CC(=O)C(C)(C)C.CC(C)(C)OCC(=O)NCC(=O)C(C)(C)C. The third-order valence-corrected chi connectivity index (χ3v) is 9.10. The number of ether oxygens (including phenoxy) is 1. The molecule has 10 heteroatoms. The van der Waals surface area contributed by atoms with E-state index in [1.807, 2.05) is 125 Å². The van der Waals surface area contributed by atoms with Crippen LogP contribution in [0.4, 0.5) is 0 Å². The summed E-state index contributed by atoms with van der Waals surface area (Å²) in [6.07, 6.45) is 4.45. The van der Waals surface area contributed by atoms with Crippen LogP contribution in [0.2, 0.25) is 0 Å². The average molecular weight is 866 g/mol. The fourth-order valence-electron chi connectivity index (χ4n) is 4.04. The molecule has 0 heterocycles. The van der Waals surface area contributed by atoms with Crippen molar-refractivity contribution in [2.75, 3.05) is 13.2 Å². The van der Waals surface area contributed by atoms with Crippen molar-refractivity contribution in [2.45, 2.75) is 230 Å².